The first-order valence-electron chi connectivity index (χ1n) is 11.7. The maximum atomic E-state index is 13.1. The number of ether oxygens (including phenoxy) is 3. The molecule has 0 fully saturated rings. The molecule has 3 aromatic rings. The molecule has 3 rings (SSSR count). The summed E-state index contributed by atoms with van der Waals surface area (Å²) in [6, 6.07) is 10.9. The molecular formula is C26H33N3O5S. The van der Waals surface area contributed by atoms with Crippen molar-refractivity contribution in [2.45, 2.75) is 50.9 Å². The molecule has 0 bridgehead atoms. The van der Waals surface area contributed by atoms with Gasteiger partial charge in [0.05, 0.1) is 38.0 Å². The van der Waals surface area contributed by atoms with Crippen LogP contribution >= 0.6 is 11.8 Å². The third-order valence-corrected chi connectivity index (χ3v) is 6.58. The lowest BCUT2D eigenvalue weighted by molar-refractivity contribution is -0.118. The molecule has 0 radical (unpaired) electrons. The summed E-state index contributed by atoms with van der Waals surface area (Å²) >= 11 is 1.27. The number of carbonyl (C=O) groups is 1. The Bertz CT molecular complexity index is 1190. The highest BCUT2D eigenvalue weighted by molar-refractivity contribution is 7.99. The van der Waals surface area contributed by atoms with Crippen LogP contribution in [-0.2, 0) is 17.9 Å². The SMILES string of the molecule is CCCCCCn1c(SCC(=O)NCc2cc(OC)c(OC)c(OC)c2)nc2ccccc2c1=O. The van der Waals surface area contributed by atoms with Gasteiger partial charge in [0, 0.05) is 13.1 Å². The summed E-state index contributed by atoms with van der Waals surface area (Å²) in [5.74, 6) is 1.53. The zero-order valence-corrected chi connectivity index (χ0v) is 21.6. The Hall–Kier alpha value is -3.20. The zero-order chi connectivity index (χ0) is 25.2. The molecule has 1 amide bonds. The molecule has 0 aliphatic rings. The maximum absolute atomic E-state index is 13.1. The van der Waals surface area contributed by atoms with Crippen LogP contribution in [0.4, 0.5) is 0 Å². The normalized spacial score (nSPS) is 10.9. The molecular weight excluding hydrogens is 466 g/mol. The Morgan fingerprint density at radius 1 is 1.03 bits per heavy atom. The summed E-state index contributed by atoms with van der Waals surface area (Å²) in [6.07, 6.45) is 4.20. The van der Waals surface area contributed by atoms with E-state index in [1.165, 1.54) is 11.8 Å². The molecule has 0 aliphatic carbocycles. The highest BCUT2D eigenvalue weighted by Crippen LogP contribution is 2.38. The van der Waals surface area contributed by atoms with Gasteiger partial charge in [-0.15, -0.1) is 0 Å². The van der Waals surface area contributed by atoms with Crippen LogP contribution < -0.4 is 25.1 Å². The van der Waals surface area contributed by atoms with Crippen LogP contribution in [0.2, 0.25) is 0 Å². The Morgan fingerprint density at radius 2 is 1.74 bits per heavy atom. The largest absolute Gasteiger partial charge is 0.493 e. The van der Waals surface area contributed by atoms with Gasteiger partial charge in [0.25, 0.3) is 5.56 Å². The number of fused-ring (bicyclic) bond motifs is 1. The van der Waals surface area contributed by atoms with E-state index in [9.17, 15) is 9.59 Å². The predicted molar refractivity (Wildman–Crippen MR) is 139 cm³/mol. The first-order chi connectivity index (χ1) is 17.0. The molecule has 1 aromatic heterocycles. The van der Waals surface area contributed by atoms with Gasteiger partial charge in [-0.1, -0.05) is 50.1 Å². The van der Waals surface area contributed by atoms with Crippen molar-refractivity contribution >= 4 is 28.6 Å². The number of benzene rings is 2. The molecule has 0 unspecified atom stereocenters. The van der Waals surface area contributed by atoms with Crippen LogP contribution in [0, 0.1) is 0 Å². The van der Waals surface area contributed by atoms with Crippen molar-refractivity contribution in [3.05, 3.63) is 52.3 Å². The number of rotatable bonds is 13. The number of hydrogen-bond acceptors (Lipinski definition) is 7. The quantitative estimate of drug-likeness (QED) is 0.212. The molecule has 0 atom stereocenters. The summed E-state index contributed by atoms with van der Waals surface area (Å²) in [5.41, 5.74) is 1.39. The van der Waals surface area contributed by atoms with Gasteiger partial charge in [0.15, 0.2) is 16.7 Å². The molecule has 188 valence electrons. The Kier molecular flexibility index (Phi) is 9.84. The fourth-order valence-corrected chi connectivity index (χ4v) is 4.63. The first kappa shape index (κ1) is 26.4. The minimum absolute atomic E-state index is 0.0626. The van der Waals surface area contributed by atoms with E-state index in [1.807, 2.05) is 18.2 Å². The molecule has 0 saturated heterocycles. The van der Waals surface area contributed by atoms with E-state index in [0.717, 1.165) is 31.2 Å². The molecule has 0 aliphatic heterocycles. The third kappa shape index (κ3) is 6.69. The number of carbonyl (C=O) groups excluding carboxylic acids is 1. The molecule has 1 heterocycles. The van der Waals surface area contributed by atoms with Crippen LogP contribution in [0.15, 0.2) is 46.3 Å². The van der Waals surface area contributed by atoms with Crippen LogP contribution in [0.25, 0.3) is 10.9 Å². The third-order valence-electron chi connectivity index (χ3n) is 5.61. The molecule has 35 heavy (non-hydrogen) atoms. The minimum Gasteiger partial charge on any atom is -0.493 e. The summed E-state index contributed by atoms with van der Waals surface area (Å²) in [4.78, 5) is 30.5. The second kappa shape index (κ2) is 13.0. The molecule has 0 spiro atoms. The molecule has 1 N–H and O–H groups in total. The number of nitrogens with one attached hydrogen (secondary N) is 1. The summed E-state index contributed by atoms with van der Waals surface area (Å²) in [7, 11) is 4.65. The van der Waals surface area contributed by atoms with E-state index in [0.29, 0.717) is 46.4 Å². The Morgan fingerprint density at radius 3 is 2.40 bits per heavy atom. The van der Waals surface area contributed by atoms with Gasteiger partial charge in [0.2, 0.25) is 11.7 Å². The second-order valence-corrected chi connectivity index (χ2v) is 8.97. The number of methoxy groups -OCH3 is 3. The topological polar surface area (TPSA) is 91.7 Å². The van der Waals surface area contributed by atoms with Crippen molar-refractivity contribution in [3.8, 4) is 17.2 Å². The fourth-order valence-electron chi connectivity index (χ4n) is 3.77. The maximum Gasteiger partial charge on any atom is 0.262 e. The summed E-state index contributed by atoms with van der Waals surface area (Å²) in [5, 5.41) is 4.07. The molecule has 9 heteroatoms. The van der Waals surface area contributed by atoms with Crippen LogP contribution in [0.1, 0.15) is 38.2 Å². The summed E-state index contributed by atoms with van der Waals surface area (Å²) in [6.45, 7) is 3.04. The van der Waals surface area contributed by atoms with E-state index in [2.05, 4.69) is 17.2 Å². The average Bonchev–Trinajstić information content (AvgIpc) is 2.89. The highest BCUT2D eigenvalue weighted by Gasteiger charge is 2.15. The van der Waals surface area contributed by atoms with E-state index in [-0.39, 0.29) is 17.2 Å². The highest BCUT2D eigenvalue weighted by atomic mass is 32.2. The lowest BCUT2D eigenvalue weighted by atomic mass is 10.2. The van der Waals surface area contributed by atoms with Gasteiger partial charge in [-0.3, -0.25) is 14.2 Å². The van der Waals surface area contributed by atoms with Gasteiger partial charge in [-0.25, -0.2) is 4.98 Å². The minimum atomic E-state index is -0.163. The van der Waals surface area contributed by atoms with Crippen molar-refractivity contribution in [2.24, 2.45) is 0 Å². The molecule has 8 nitrogen and oxygen atoms in total. The number of nitrogens with zero attached hydrogens (tertiary/aromatic N) is 2. The van der Waals surface area contributed by atoms with E-state index in [4.69, 9.17) is 14.2 Å². The predicted octanol–water partition coefficient (Wildman–Crippen LogP) is 4.41. The number of thioether (sulfide) groups is 1. The van der Waals surface area contributed by atoms with Gasteiger partial charge in [-0.2, -0.15) is 0 Å². The van der Waals surface area contributed by atoms with Crippen molar-refractivity contribution in [1.82, 2.24) is 14.9 Å². The fraction of sp³-hybridized carbons (Fsp3) is 0.423. The lowest BCUT2D eigenvalue weighted by Crippen LogP contribution is -2.27. The standard InChI is InChI=1S/C26H33N3O5S/c1-5-6-7-10-13-29-25(31)19-11-8-9-12-20(19)28-26(29)35-17-23(30)27-16-18-14-21(32-2)24(34-4)22(15-18)33-3/h8-9,11-12,14-15H,5-7,10,13,16-17H2,1-4H3,(H,27,30). The lowest BCUT2D eigenvalue weighted by Gasteiger charge is -2.15. The van der Waals surface area contributed by atoms with Crippen molar-refractivity contribution in [2.75, 3.05) is 27.1 Å². The Labute approximate surface area is 210 Å². The van der Waals surface area contributed by atoms with Crippen molar-refractivity contribution in [3.63, 3.8) is 0 Å². The van der Waals surface area contributed by atoms with Crippen LogP contribution in [0.5, 0.6) is 17.2 Å². The second-order valence-electron chi connectivity index (χ2n) is 8.03. The van der Waals surface area contributed by atoms with Gasteiger partial charge >= 0.3 is 0 Å². The zero-order valence-electron chi connectivity index (χ0n) is 20.8. The Balaban J connectivity index is 1.71. The number of unbranched alkanes of at least 4 members (excludes halogenated alkanes) is 3. The van der Waals surface area contributed by atoms with E-state index >= 15 is 0 Å². The monoisotopic (exact) mass is 499 g/mol. The van der Waals surface area contributed by atoms with Gasteiger partial charge in [-0.05, 0) is 36.2 Å². The molecule has 0 saturated carbocycles. The number of amides is 1. The number of hydrogen-bond donors (Lipinski definition) is 1. The average molecular weight is 500 g/mol. The number of para-hydroxylation sites is 1. The van der Waals surface area contributed by atoms with Crippen LogP contribution in [0.3, 0.4) is 0 Å². The van der Waals surface area contributed by atoms with Gasteiger partial charge in [0.1, 0.15) is 0 Å². The smallest absolute Gasteiger partial charge is 0.262 e. The van der Waals surface area contributed by atoms with Crippen molar-refractivity contribution in [1.29, 1.82) is 0 Å². The summed E-state index contributed by atoms with van der Waals surface area (Å²) < 4.78 is 17.8. The molecule has 2 aromatic carbocycles. The van der Waals surface area contributed by atoms with Crippen molar-refractivity contribution < 1.29 is 19.0 Å². The van der Waals surface area contributed by atoms with E-state index < -0.39 is 0 Å². The number of aromatic nitrogens is 2. The van der Waals surface area contributed by atoms with Crippen LogP contribution in [-0.4, -0.2) is 42.5 Å². The van der Waals surface area contributed by atoms with Gasteiger partial charge < -0.3 is 19.5 Å². The van der Waals surface area contributed by atoms with E-state index in [1.54, 1.807) is 44.1 Å². The first-order valence-corrected chi connectivity index (χ1v) is 12.7.